The number of fused-ring (bicyclic) bond motifs is 1. The highest BCUT2D eigenvalue weighted by atomic mass is 16.5. The maximum atomic E-state index is 6.16. The van der Waals surface area contributed by atoms with E-state index >= 15 is 0 Å². The van der Waals surface area contributed by atoms with Gasteiger partial charge in [-0.1, -0.05) is 36.4 Å². The molecule has 2 aromatic carbocycles. The van der Waals surface area contributed by atoms with Crippen molar-refractivity contribution in [3.8, 4) is 5.75 Å². The number of hydrogen-bond donors (Lipinski definition) is 1. The van der Waals surface area contributed by atoms with Gasteiger partial charge in [0.05, 0.1) is 12.7 Å². The Bertz CT molecular complexity index is 665. The van der Waals surface area contributed by atoms with Crippen LogP contribution in [0, 0.1) is 0 Å². The van der Waals surface area contributed by atoms with E-state index in [-0.39, 0.29) is 6.10 Å². The normalized spacial score (nSPS) is 20.8. The predicted octanol–water partition coefficient (Wildman–Crippen LogP) is 3.50. The van der Waals surface area contributed by atoms with Crippen LogP contribution in [0.25, 0.3) is 0 Å². The van der Waals surface area contributed by atoms with E-state index in [0.29, 0.717) is 12.7 Å². The second-order valence-corrected chi connectivity index (χ2v) is 6.82. The molecular weight excluding hydrogens is 298 g/mol. The van der Waals surface area contributed by atoms with Crippen molar-refractivity contribution in [2.24, 2.45) is 0 Å². The summed E-state index contributed by atoms with van der Waals surface area (Å²) in [5.41, 5.74) is 4.04. The van der Waals surface area contributed by atoms with Crippen LogP contribution in [0.4, 0.5) is 0 Å². The standard InChI is InChI=1S/C21H25NO2/c1-2-4-16(5-3-1)15-23-21-12-17-6-7-20(13-18(17)14-21)24-19-8-10-22-11-9-19/h1-7,13,19,21-22H,8-12,14-15H2. The second kappa shape index (κ2) is 7.37. The number of hydrogen-bond acceptors (Lipinski definition) is 3. The van der Waals surface area contributed by atoms with Crippen LogP contribution < -0.4 is 10.1 Å². The Labute approximate surface area is 144 Å². The average Bonchev–Trinajstić information content (AvgIpc) is 3.04. The van der Waals surface area contributed by atoms with Crippen LogP contribution in [0.2, 0.25) is 0 Å². The largest absolute Gasteiger partial charge is 0.490 e. The van der Waals surface area contributed by atoms with Gasteiger partial charge in [-0.15, -0.1) is 0 Å². The van der Waals surface area contributed by atoms with Gasteiger partial charge in [0.2, 0.25) is 0 Å². The molecule has 24 heavy (non-hydrogen) atoms. The minimum Gasteiger partial charge on any atom is -0.490 e. The third kappa shape index (κ3) is 3.80. The minimum atomic E-state index is 0.286. The molecule has 0 spiro atoms. The lowest BCUT2D eigenvalue weighted by Crippen LogP contribution is -2.34. The van der Waals surface area contributed by atoms with Gasteiger partial charge in [-0.3, -0.25) is 0 Å². The van der Waals surface area contributed by atoms with Gasteiger partial charge in [0.1, 0.15) is 11.9 Å². The molecule has 1 heterocycles. The molecule has 0 amide bonds. The fourth-order valence-electron chi connectivity index (χ4n) is 3.64. The van der Waals surface area contributed by atoms with Crippen molar-refractivity contribution in [1.29, 1.82) is 0 Å². The van der Waals surface area contributed by atoms with Gasteiger partial charge >= 0.3 is 0 Å². The van der Waals surface area contributed by atoms with Crippen molar-refractivity contribution in [2.75, 3.05) is 13.1 Å². The monoisotopic (exact) mass is 323 g/mol. The Hall–Kier alpha value is -1.84. The molecule has 2 aromatic rings. The van der Waals surface area contributed by atoms with E-state index in [1.54, 1.807) is 0 Å². The van der Waals surface area contributed by atoms with Crippen molar-refractivity contribution in [2.45, 2.75) is 44.5 Å². The molecule has 1 aliphatic carbocycles. The zero-order valence-corrected chi connectivity index (χ0v) is 14.0. The van der Waals surface area contributed by atoms with E-state index in [9.17, 15) is 0 Å². The summed E-state index contributed by atoms with van der Waals surface area (Å²) in [6.07, 6.45) is 4.84. The summed E-state index contributed by atoms with van der Waals surface area (Å²) < 4.78 is 12.3. The Kier molecular flexibility index (Phi) is 4.81. The summed E-state index contributed by atoms with van der Waals surface area (Å²) >= 11 is 0. The molecule has 1 atom stereocenters. The molecule has 2 aliphatic rings. The van der Waals surface area contributed by atoms with Crippen LogP contribution in [0.3, 0.4) is 0 Å². The Balaban J connectivity index is 1.34. The molecular formula is C21H25NO2. The highest BCUT2D eigenvalue weighted by molar-refractivity contribution is 5.39. The van der Waals surface area contributed by atoms with Gasteiger partial charge in [-0.25, -0.2) is 0 Å². The predicted molar refractivity (Wildman–Crippen MR) is 95.4 cm³/mol. The maximum absolute atomic E-state index is 6.16. The molecule has 1 unspecified atom stereocenters. The number of benzene rings is 2. The first-order chi connectivity index (χ1) is 11.9. The fourth-order valence-corrected chi connectivity index (χ4v) is 3.64. The molecule has 1 N–H and O–H groups in total. The summed E-state index contributed by atoms with van der Waals surface area (Å²) in [5, 5.41) is 3.38. The average molecular weight is 323 g/mol. The van der Waals surface area contributed by atoms with Gasteiger partial charge in [-0.2, -0.15) is 0 Å². The van der Waals surface area contributed by atoms with Crippen molar-refractivity contribution < 1.29 is 9.47 Å². The van der Waals surface area contributed by atoms with Crippen molar-refractivity contribution in [1.82, 2.24) is 5.32 Å². The van der Waals surface area contributed by atoms with Gasteiger partial charge in [0.25, 0.3) is 0 Å². The zero-order valence-electron chi connectivity index (χ0n) is 14.0. The van der Waals surface area contributed by atoms with Gasteiger partial charge < -0.3 is 14.8 Å². The van der Waals surface area contributed by atoms with Crippen molar-refractivity contribution >= 4 is 0 Å². The van der Waals surface area contributed by atoms with Crippen LogP contribution >= 0.6 is 0 Å². The third-order valence-corrected chi connectivity index (χ3v) is 4.99. The van der Waals surface area contributed by atoms with Crippen LogP contribution in [0.5, 0.6) is 5.75 Å². The number of piperidine rings is 1. The van der Waals surface area contributed by atoms with Crippen LogP contribution in [-0.4, -0.2) is 25.3 Å². The Morgan fingerprint density at radius 3 is 2.50 bits per heavy atom. The third-order valence-electron chi connectivity index (χ3n) is 4.99. The van der Waals surface area contributed by atoms with Crippen LogP contribution in [-0.2, 0) is 24.2 Å². The first-order valence-corrected chi connectivity index (χ1v) is 9.01. The molecule has 1 aliphatic heterocycles. The molecule has 126 valence electrons. The van der Waals surface area contributed by atoms with Gasteiger partial charge in [-0.05, 0) is 67.6 Å². The molecule has 3 nitrogen and oxygen atoms in total. The smallest absolute Gasteiger partial charge is 0.120 e. The minimum absolute atomic E-state index is 0.286. The lowest BCUT2D eigenvalue weighted by molar-refractivity contribution is 0.0479. The lowest BCUT2D eigenvalue weighted by Gasteiger charge is -2.24. The van der Waals surface area contributed by atoms with E-state index < -0.39 is 0 Å². The molecule has 0 aromatic heterocycles. The summed E-state index contributed by atoms with van der Waals surface area (Å²) in [5.74, 6) is 1.02. The summed E-state index contributed by atoms with van der Waals surface area (Å²) in [6, 6.07) is 17.0. The zero-order chi connectivity index (χ0) is 16.2. The lowest BCUT2D eigenvalue weighted by atomic mass is 10.1. The number of ether oxygens (including phenoxy) is 2. The summed E-state index contributed by atoms with van der Waals surface area (Å²) in [6.45, 7) is 2.81. The quantitative estimate of drug-likeness (QED) is 0.913. The second-order valence-electron chi connectivity index (χ2n) is 6.82. The van der Waals surface area contributed by atoms with E-state index in [1.807, 2.05) is 6.07 Å². The number of nitrogens with one attached hydrogen (secondary N) is 1. The van der Waals surface area contributed by atoms with Crippen LogP contribution in [0.15, 0.2) is 48.5 Å². The number of rotatable bonds is 5. The molecule has 1 saturated heterocycles. The molecule has 0 bridgehead atoms. The summed E-state index contributed by atoms with van der Waals surface area (Å²) in [7, 11) is 0. The maximum Gasteiger partial charge on any atom is 0.120 e. The first-order valence-electron chi connectivity index (χ1n) is 9.01. The molecule has 0 radical (unpaired) electrons. The molecule has 1 fully saturated rings. The van der Waals surface area contributed by atoms with Crippen LogP contribution in [0.1, 0.15) is 29.5 Å². The van der Waals surface area contributed by atoms with Gasteiger partial charge in [0.15, 0.2) is 0 Å². The van der Waals surface area contributed by atoms with Crippen molar-refractivity contribution in [3.63, 3.8) is 0 Å². The Morgan fingerprint density at radius 1 is 0.875 bits per heavy atom. The van der Waals surface area contributed by atoms with Crippen molar-refractivity contribution in [3.05, 3.63) is 65.2 Å². The molecule has 3 heteroatoms. The highest BCUT2D eigenvalue weighted by Crippen LogP contribution is 2.29. The molecule has 0 saturated carbocycles. The molecule has 4 rings (SSSR count). The van der Waals surface area contributed by atoms with E-state index in [2.05, 4.69) is 47.8 Å². The van der Waals surface area contributed by atoms with E-state index in [1.165, 1.54) is 16.7 Å². The highest BCUT2D eigenvalue weighted by Gasteiger charge is 2.23. The van der Waals surface area contributed by atoms with E-state index in [0.717, 1.165) is 44.5 Å². The fraction of sp³-hybridized carbons (Fsp3) is 0.429. The Morgan fingerprint density at radius 2 is 1.67 bits per heavy atom. The van der Waals surface area contributed by atoms with E-state index in [4.69, 9.17) is 9.47 Å². The summed E-state index contributed by atoms with van der Waals surface area (Å²) in [4.78, 5) is 0. The van der Waals surface area contributed by atoms with Gasteiger partial charge in [0, 0.05) is 0 Å². The topological polar surface area (TPSA) is 30.5 Å². The SMILES string of the molecule is c1ccc(COC2Cc3ccc(OC4CCNCC4)cc3C2)cc1. The first kappa shape index (κ1) is 15.7.